The summed E-state index contributed by atoms with van der Waals surface area (Å²) < 4.78 is 12.0. The molecular formula is C25H25Cl2N3O2. The Morgan fingerprint density at radius 2 is 1.78 bits per heavy atom. The van der Waals surface area contributed by atoms with Crippen LogP contribution in [0.4, 0.5) is 5.69 Å². The second-order valence-corrected chi connectivity index (χ2v) is 9.10. The molecule has 0 atom stereocenters. The van der Waals surface area contributed by atoms with Gasteiger partial charge in [-0.3, -0.25) is 0 Å². The molecule has 0 spiro atoms. The summed E-state index contributed by atoms with van der Waals surface area (Å²) in [5.41, 5.74) is 4.06. The Balaban J connectivity index is 1.45. The molecule has 4 rings (SSSR count). The van der Waals surface area contributed by atoms with Crippen LogP contribution in [0.2, 0.25) is 10.0 Å². The third-order valence-corrected chi connectivity index (χ3v) is 6.44. The summed E-state index contributed by atoms with van der Waals surface area (Å²) in [5, 5.41) is 14.4. The minimum atomic E-state index is 0.147. The minimum Gasteiger partial charge on any atom is -0.373 e. The molecule has 1 aliphatic heterocycles. The highest BCUT2D eigenvalue weighted by molar-refractivity contribution is 6.39. The molecule has 1 aliphatic rings. The fourth-order valence-electron chi connectivity index (χ4n) is 4.06. The Hall–Kier alpha value is -2.52. The van der Waals surface area contributed by atoms with Crippen molar-refractivity contribution in [2.24, 2.45) is 0 Å². The number of ether oxygens (including phenoxy) is 1. The number of nitrogens with zero attached hydrogens (tertiary/aromatic N) is 3. The molecular weight excluding hydrogens is 445 g/mol. The molecule has 7 heteroatoms. The van der Waals surface area contributed by atoms with Crippen molar-refractivity contribution in [3.8, 4) is 17.3 Å². The van der Waals surface area contributed by atoms with Gasteiger partial charge in [0.2, 0.25) is 0 Å². The molecule has 0 bridgehead atoms. The van der Waals surface area contributed by atoms with E-state index in [-0.39, 0.29) is 12.0 Å². The Bertz CT molecular complexity index is 1090. The van der Waals surface area contributed by atoms with Crippen LogP contribution in [0.3, 0.4) is 0 Å². The first-order chi connectivity index (χ1) is 15.5. The van der Waals surface area contributed by atoms with Gasteiger partial charge in [-0.1, -0.05) is 48.3 Å². The molecule has 2 aromatic carbocycles. The van der Waals surface area contributed by atoms with Gasteiger partial charge in [0.25, 0.3) is 0 Å². The fraction of sp³-hybridized carbons (Fsp3) is 0.360. The van der Waals surface area contributed by atoms with Crippen molar-refractivity contribution < 1.29 is 9.26 Å². The summed E-state index contributed by atoms with van der Waals surface area (Å²) in [4.78, 5) is 2.33. The average Bonchev–Trinajstić information content (AvgIpc) is 3.22. The van der Waals surface area contributed by atoms with E-state index in [1.165, 1.54) is 0 Å². The molecule has 3 aromatic rings. The highest BCUT2D eigenvalue weighted by atomic mass is 35.5. The third kappa shape index (κ3) is 4.78. The van der Waals surface area contributed by atoms with Gasteiger partial charge in [-0.25, -0.2) is 0 Å². The summed E-state index contributed by atoms with van der Waals surface area (Å²) in [6.45, 7) is 6.34. The van der Waals surface area contributed by atoms with Crippen molar-refractivity contribution in [3.05, 3.63) is 69.4 Å². The zero-order chi connectivity index (χ0) is 22.7. The van der Waals surface area contributed by atoms with E-state index in [4.69, 9.17) is 37.7 Å². The first-order valence-corrected chi connectivity index (χ1v) is 11.5. The summed E-state index contributed by atoms with van der Waals surface area (Å²) in [7, 11) is 0. The Morgan fingerprint density at radius 3 is 2.38 bits per heavy atom. The van der Waals surface area contributed by atoms with Gasteiger partial charge in [0.05, 0.1) is 34.4 Å². The topological polar surface area (TPSA) is 62.3 Å². The fourth-order valence-corrected chi connectivity index (χ4v) is 4.64. The number of piperidine rings is 1. The lowest BCUT2D eigenvalue weighted by Gasteiger charge is -2.33. The molecule has 2 heterocycles. The molecule has 166 valence electrons. The largest absolute Gasteiger partial charge is 0.373 e. The number of rotatable bonds is 6. The van der Waals surface area contributed by atoms with Crippen LogP contribution in [0, 0.1) is 11.3 Å². The van der Waals surface area contributed by atoms with E-state index in [2.05, 4.69) is 30.0 Å². The van der Waals surface area contributed by atoms with Crippen molar-refractivity contribution in [1.82, 2.24) is 5.16 Å². The molecule has 32 heavy (non-hydrogen) atoms. The quantitative estimate of drug-likeness (QED) is 0.395. The van der Waals surface area contributed by atoms with Gasteiger partial charge >= 0.3 is 0 Å². The van der Waals surface area contributed by atoms with Crippen LogP contribution in [0.25, 0.3) is 11.3 Å². The monoisotopic (exact) mass is 469 g/mol. The maximum absolute atomic E-state index is 8.98. The molecule has 0 saturated carbocycles. The summed E-state index contributed by atoms with van der Waals surface area (Å²) in [6.07, 6.45) is 1.99. The maximum Gasteiger partial charge on any atom is 0.145 e. The first kappa shape index (κ1) is 22.7. The Labute approximate surface area is 198 Å². The molecule has 0 amide bonds. The molecule has 1 saturated heterocycles. The van der Waals surface area contributed by atoms with Crippen molar-refractivity contribution in [3.63, 3.8) is 0 Å². The van der Waals surface area contributed by atoms with E-state index in [0.29, 0.717) is 33.5 Å². The second kappa shape index (κ2) is 9.95. The average molecular weight is 470 g/mol. The van der Waals surface area contributed by atoms with E-state index in [9.17, 15) is 0 Å². The van der Waals surface area contributed by atoms with Crippen molar-refractivity contribution in [2.45, 2.75) is 45.3 Å². The van der Waals surface area contributed by atoms with Crippen molar-refractivity contribution >= 4 is 28.9 Å². The highest BCUT2D eigenvalue weighted by Gasteiger charge is 2.26. The van der Waals surface area contributed by atoms with Crippen LogP contribution < -0.4 is 4.90 Å². The number of anilines is 1. The van der Waals surface area contributed by atoms with Crippen LogP contribution in [0.1, 0.15) is 49.5 Å². The van der Waals surface area contributed by atoms with E-state index < -0.39 is 0 Å². The van der Waals surface area contributed by atoms with Gasteiger partial charge in [0.15, 0.2) is 0 Å². The number of benzene rings is 2. The highest BCUT2D eigenvalue weighted by Crippen LogP contribution is 2.39. The number of aromatic nitrogens is 1. The van der Waals surface area contributed by atoms with Crippen LogP contribution in [0.5, 0.6) is 0 Å². The van der Waals surface area contributed by atoms with Gasteiger partial charge in [-0.05, 0) is 49.2 Å². The Kier molecular flexibility index (Phi) is 7.05. The predicted octanol–water partition coefficient (Wildman–Crippen LogP) is 6.83. The zero-order valence-electron chi connectivity index (χ0n) is 18.1. The predicted molar refractivity (Wildman–Crippen MR) is 127 cm³/mol. The standard InChI is InChI=1S/C25H25Cl2N3O2/c1-16(2)25-20(24(29-32-25)23-21(26)4-3-5-22(23)27)15-31-19-10-12-30(13-11-19)18-8-6-17(14-28)7-9-18/h3-9,16,19H,10-13,15H2,1-2H3. The summed E-state index contributed by atoms with van der Waals surface area (Å²) >= 11 is 12.9. The maximum atomic E-state index is 8.98. The molecule has 0 radical (unpaired) electrons. The molecule has 1 fully saturated rings. The third-order valence-electron chi connectivity index (χ3n) is 5.81. The van der Waals surface area contributed by atoms with E-state index >= 15 is 0 Å². The number of hydrogen-bond acceptors (Lipinski definition) is 5. The lowest BCUT2D eigenvalue weighted by molar-refractivity contribution is 0.0245. The zero-order valence-corrected chi connectivity index (χ0v) is 19.7. The SMILES string of the molecule is CC(C)c1onc(-c2c(Cl)cccc2Cl)c1COC1CCN(c2ccc(C#N)cc2)CC1. The molecule has 0 aliphatic carbocycles. The van der Waals surface area contributed by atoms with Crippen LogP contribution >= 0.6 is 23.2 Å². The lowest BCUT2D eigenvalue weighted by Crippen LogP contribution is -2.37. The molecule has 5 nitrogen and oxygen atoms in total. The Morgan fingerprint density at radius 1 is 1.12 bits per heavy atom. The molecule has 1 aromatic heterocycles. The minimum absolute atomic E-state index is 0.147. The van der Waals surface area contributed by atoms with Crippen LogP contribution in [0.15, 0.2) is 47.0 Å². The van der Waals surface area contributed by atoms with Gasteiger partial charge < -0.3 is 14.2 Å². The first-order valence-electron chi connectivity index (χ1n) is 10.8. The van der Waals surface area contributed by atoms with E-state index in [0.717, 1.165) is 42.9 Å². The van der Waals surface area contributed by atoms with Gasteiger partial charge in [0.1, 0.15) is 11.5 Å². The van der Waals surface area contributed by atoms with Gasteiger partial charge in [0, 0.05) is 35.8 Å². The van der Waals surface area contributed by atoms with Crippen LogP contribution in [-0.2, 0) is 11.3 Å². The van der Waals surface area contributed by atoms with Crippen LogP contribution in [-0.4, -0.2) is 24.4 Å². The van der Waals surface area contributed by atoms with Crippen molar-refractivity contribution in [1.29, 1.82) is 5.26 Å². The van der Waals surface area contributed by atoms with E-state index in [1.54, 1.807) is 12.1 Å². The number of nitriles is 1. The van der Waals surface area contributed by atoms with Crippen molar-refractivity contribution in [2.75, 3.05) is 18.0 Å². The smallest absolute Gasteiger partial charge is 0.145 e. The number of hydrogen-bond donors (Lipinski definition) is 0. The second-order valence-electron chi connectivity index (χ2n) is 8.28. The van der Waals surface area contributed by atoms with Gasteiger partial charge in [-0.15, -0.1) is 0 Å². The summed E-state index contributed by atoms with van der Waals surface area (Å²) in [5.74, 6) is 0.959. The molecule has 0 unspecified atom stereocenters. The summed E-state index contributed by atoms with van der Waals surface area (Å²) in [6, 6.07) is 15.3. The number of halogens is 2. The van der Waals surface area contributed by atoms with Gasteiger partial charge in [-0.2, -0.15) is 5.26 Å². The normalized spacial score (nSPS) is 14.7. The lowest BCUT2D eigenvalue weighted by atomic mass is 10.0. The van der Waals surface area contributed by atoms with E-state index in [1.807, 2.05) is 30.3 Å². The molecule has 0 N–H and O–H groups in total.